The lowest BCUT2D eigenvalue weighted by molar-refractivity contribution is 1.18. The van der Waals surface area contributed by atoms with Crippen LogP contribution in [0.3, 0.4) is 0 Å². The minimum Gasteiger partial charge on any atom is -0.310 e. The minimum atomic E-state index is 1.08. The first-order valence-corrected chi connectivity index (χ1v) is 20.6. The van der Waals surface area contributed by atoms with Gasteiger partial charge in [-0.3, -0.25) is 0 Å². The smallest absolute Gasteiger partial charge is 0.0546 e. The Bertz CT molecular complexity index is 3230. The van der Waals surface area contributed by atoms with Gasteiger partial charge in [0, 0.05) is 33.3 Å². The van der Waals surface area contributed by atoms with Crippen molar-refractivity contribution in [2.75, 3.05) is 4.90 Å². The van der Waals surface area contributed by atoms with Gasteiger partial charge in [-0.05, 0) is 92.7 Å². The van der Waals surface area contributed by atoms with Crippen LogP contribution in [0.1, 0.15) is 0 Å². The zero-order valence-electron chi connectivity index (χ0n) is 33.0. The molecule has 0 fully saturated rings. The fourth-order valence-electron chi connectivity index (χ4n) is 9.07. The molecule has 1 aromatic heterocycles. The third kappa shape index (κ3) is 6.14. The van der Waals surface area contributed by atoms with Gasteiger partial charge < -0.3 is 9.47 Å². The molecule has 0 aliphatic carbocycles. The minimum absolute atomic E-state index is 1.08. The van der Waals surface area contributed by atoms with E-state index < -0.39 is 0 Å². The Hall–Kier alpha value is -7.94. The second-order valence-electron chi connectivity index (χ2n) is 15.3. The first-order valence-electron chi connectivity index (χ1n) is 20.6. The Morgan fingerprint density at radius 3 is 1.40 bits per heavy atom. The third-order valence-corrected chi connectivity index (χ3v) is 11.8. The van der Waals surface area contributed by atoms with Crippen LogP contribution in [-0.2, 0) is 0 Å². The summed E-state index contributed by atoms with van der Waals surface area (Å²) < 4.78 is 2.44. The van der Waals surface area contributed by atoms with Crippen molar-refractivity contribution in [3.63, 3.8) is 0 Å². The maximum absolute atomic E-state index is 2.44. The predicted octanol–water partition coefficient (Wildman–Crippen LogP) is 16.1. The highest BCUT2D eigenvalue weighted by Crippen LogP contribution is 2.44. The molecule has 0 aliphatic heterocycles. The molecule has 0 saturated heterocycles. The number of para-hydroxylation sites is 3. The second kappa shape index (κ2) is 15.1. The Balaban J connectivity index is 1.07. The molecule has 0 saturated carbocycles. The number of fused-ring (bicyclic) bond motifs is 4. The maximum Gasteiger partial charge on any atom is 0.0546 e. The van der Waals surface area contributed by atoms with Gasteiger partial charge in [0.05, 0.1) is 22.4 Å². The zero-order valence-corrected chi connectivity index (χ0v) is 33.0. The van der Waals surface area contributed by atoms with Crippen molar-refractivity contribution in [1.29, 1.82) is 0 Å². The summed E-state index contributed by atoms with van der Waals surface area (Å²) in [6.45, 7) is 0. The largest absolute Gasteiger partial charge is 0.310 e. The molecule has 0 unspecified atom stereocenters. The summed E-state index contributed by atoms with van der Waals surface area (Å²) in [6.07, 6.45) is 0. The molecule has 0 bridgehead atoms. The molecular formula is C58H40N2. The van der Waals surface area contributed by atoms with E-state index in [1.54, 1.807) is 0 Å². The molecule has 0 atom stereocenters. The quantitative estimate of drug-likeness (QED) is 0.150. The number of aromatic nitrogens is 1. The van der Waals surface area contributed by atoms with Gasteiger partial charge in [-0.2, -0.15) is 0 Å². The molecular weight excluding hydrogens is 725 g/mol. The summed E-state index contributed by atoms with van der Waals surface area (Å²) in [5, 5.41) is 5.01. The van der Waals surface area contributed by atoms with E-state index in [0.717, 1.165) is 28.3 Å². The van der Waals surface area contributed by atoms with E-state index >= 15 is 0 Å². The van der Waals surface area contributed by atoms with Gasteiger partial charge in [-0.15, -0.1) is 0 Å². The van der Waals surface area contributed by atoms with Gasteiger partial charge in [-0.25, -0.2) is 0 Å². The van der Waals surface area contributed by atoms with Crippen LogP contribution >= 0.6 is 0 Å². The predicted molar refractivity (Wildman–Crippen MR) is 255 cm³/mol. The Morgan fingerprint density at radius 1 is 0.283 bits per heavy atom. The Morgan fingerprint density at radius 2 is 0.733 bits per heavy atom. The standard InChI is InChI=1S/C58H40N2/c1-3-17-42(18-4-1)50-24-9-12-29-54(50)59(46-37-33-43(34-38-46)49-27-15-22-41-19-7-8-23-48(41)49)47-39-35-44(36-40-47)51-28-16-32-57(58(51)45-20-5-2-6-21-45)60-55-30-13-10-25-52(55)53-26-11-14-31-56(53)60/h1-40H. The van der Waals surface area contributed by atoms with E-state index in [1.165, 1.54) is 71.5 Å². The van der Waals surface area contributed by atoms with Gasteiger partial charge in [-0.1, -0.05) is 194 Å². The number of rotatable bonds is 8. The third-order valence-electron chi connectivity index (χ3n) is 11.8. The van der Waals surface area contributed by atoms with Crippen molar-refractivity contribution < 1.29 is 0 Å². The van der Waals surface area contributed by atoms with E-state index in [2.05, 4.69) is 252 Å². The molecule has 1 heterocycles. The molecule has 10 aromatic carbocycles. The van der Waals surface area contributed by atoms with Gasteiger partial charge in [0.25, 0.3) is 0 Å². The lowest BCUT2D eigenvalue weighted by atomic mass is 9.92. The normalized spacial score (nSPS) is 11.3. The van der Waals surface area contributed by atoms with Crippen molar-refractivity contribution in [2.45, 2.75) is 0 Å². The van der Waals surface area contributed by atoms with Crippen LogP contribution in [0.2, 0.25) is 0 Å². The summed E-state index contributed by atoms with van der Waals surface area (Å²) in [7, 11) is 0. The van der Waals surface area contributed by atoms with Crippen molar-refractivity contribution in [2.24, 2.45) is 0 Å². The molecule has 2 nitrogen and oxygen atoms in total. The summed E-state index contributed by atoms with van der Waals surface area (Å²) >= 11 is 0. The fourth-order valence-corrected chi connectivity index (χ4v) is 9.07. The van der Waals surface area contributed by atoms with Crippen LogP contribution in [0.4, 0.5) is 17.1 Å². The van der Waals surface area contributed by atoms with E-state index in [4.69, 9.17) is 0 Å². The summed E-state index contributed by atoms with van der Waals surface area (Å²) in [6, 6.07) is 87.8. The maximum atomic E-state index is 2.44. The van der Waals surface area contributed by atoms with E-state index in [0.29, 0.717) is 0 Å². The highest BCUT2D eigenvalue weighted by Gasteiger charge is 2.21. The topological polar surface area (TPSA) is 8.17 Å². The average Bonchev–Trinajstić information content (AvgIpc) is 3.67. The highest BCUT2D eigenvalue weighted by molar-refractivity contribution is 6.10. The van der Waals surface area contributed by atoms with Crippen LogP contribution in [0.5, 0.6) is 0 Å². The average molecular weight is 765 g/mol. The van der Waals surface area contributed by atoms with E-state index in [1.807, 2.05) is 0 Å². The van der Waals surface area contributed by atoms with E-state index in [9.17, 15) is 0 Å². The number of benzene rings is 10. The number of hydrogen-bond acceptors (Lipinski definition) is 1. The van der Waals surface area contributed by atoms with Crippen molar-refractivity contribution in [3.05, 3.63) is 243 Å². The summed E-state index contributed by atoms with van der Waals surface area (Å²) in [5.74, 6) is 0. The molecule has 60 heavy (non-hydrogen) atoms. The lowest BCUT2D eigenvalue weighted by Crippen LogP contribution is -2.11. The van der Waals surface area contributed by atoms with Crippen LogP contribution in [-0.4, -0.2) is 4.57 Å². The van der Waals surface area contributed by atoms with Crippen LogP contribution in [0, 0.1) is 0 Å². The molecule has 282 valence electrons. The number of hydrogen-bond donors (Lipinski definition) is 0. The van der Waals surface area contributed by atoms with Gasteiger partial charge in [0.15, 0.2) is 0 Å². The van der Waals surface area contributed by atoms with Crippen LogP contribution in [0.15, 0.2) is 243 Å². The SMILES string of the molecule is c1ccc(-c2ccccc2N(c2ccc(-c3cccc(-n4c5ccccc5c5ccccc54)c3-c3ccccc3)cc2)c2ccc(-c3cccc4ccccc34)cc2)cc1. The van der Waals surface area contributed by atoms with Crippen molar-refractivity contribution >= 4 is 49.6 Å². The summed E-state index contributed by atoms with van der Waals surface area (Å²) in [4.78, 5) is 2.39. The van der Waals surface area contributed by atoms with Crippen LogP contribution in [0.25, 0.3) is 82.8 Å². The zero-order chi connectivity index (χ0) is 39.8. The highest BCUT2D eigenvalue weighted by atomic mass is 15.1. The Labute approximate surface area is 350 Å². The van der Waals surface area contributed by atoms with E-state index in [-0.39, 0.29) is 0 Å². The molecule has 11 aromatic rings. The summed E-state index contributed by atoms with van der Waals surface area (Å²) in [5.41, 5.74) is 16.3. The number of nitrogens with zero attached hydrogens (tertiary/aromatic N) is 2. The molecule has 0 amide bonds. The Kier molecular flexibility index (Phi) is 8.87. The van der Waals surface area contributed by atoms with Gasteiger partial charge in [0.2, 0.25) is 0 Å². The number of anilines is 3. The molecule has 0 aliphatic rings. The molecule has 2 heteroatoms. The molecule has 0 radical (unpaired) electrons. The second-order valence-corrected chi connectivity index (χ2v) is 15.3. The van der Waals surface area contributed by atoms with Gasteiger partial charge in [0.1, 0.15) is 0 Å². The molecule has 0 N–H and O–H groups in total. The molecule has 11 rings (SSSR count). The first-order chi connectivity index (χ1) is 29.8. The lowest BCUT2D eigenvalue weighted by Gasteiger charge is -2.28. The molecule has 0 spiro atoms. The van der Waals surface area contributed by atoms with Gasteiger partial charge >= 0.3 is 0 Å². The monoisotopic (exact) mass is 764 g/mol. The van der Waals surface area contributed by atoms with Crippen molar-refractivity contribution in [3.8, 4) is 50.2 Å². The van der Waals surface area contributed by atoms with Crippen molar-refractivity contribution in [1.82, 2.24) is 4.57 Å². The first kappa shape index (κ1) is 35.2. The van der Waals surface area contributed by atoms with Crippen LogP contribution < -0.4 is 4.90 Å². The fraction of sp³-hybridized carbons (Fsp3) is 0.